The molecule has 1 nitrogen and oxygen atoms in total. The molecule has 0 unspecified atom stereocenters. The van der Waals surface area contributed by atoms with Crippen molar-refractivity contribution in [1.82, 2.24) is 4.90 Å². The van der Waals surface area contributed by atoms with Crippen LogP contribution in [0.5, 0.6) is 0 Å². The zero-order valence-corrected chi connectivity index (χ0v) is 16.9. The van der Waals surface area contributed by atoms with Crippen LogP contribution >= 0.6 is 0 Å². The second-order valence-electron chi connectivity index (χ2n) is 6.52. The molecule has 0 spiro atoms. The van der Waals surface area contributed by atoms with Gasteiger partial charge in [0.05, 0.1) is 0 Å². The summed E-state index contributed by atoms with van der Waals surface area (Å²) in [5, 5.41) is 0. The van der Waals surface area contributed by atoms with Crippen molar-refractivity contribution >= 4 is 36.8 Å². The Morgan fingerprint density at radius 3 is 1.64 bits per heavy atom. The first-order valence-electron chi connectivity index (χ1n) is 5.39. The molecule has 84 valence electrons. The summed E-state index contributed by atoms with van der Waals surface area (Å²) < 4.78 is 4.54. The molecule has 0 saturated heterocycles. The average Bonchev–Trinajstić information content (AvgIpc) is 1.78. The predicted octanol–water partition coefficient (Wildman–Crippen LogP) is 3.23. The number of rotatable bonds is 4. The summed E-state index contributed by atoms with van der Waals surface area (Å²) in [6, 6.07) is 0. The molecule has 14 heavy (non-hydrogen) atoms. The van der Waals surface area contributed by atoms with Crippen LogP contribution in [0.2, 0.25) is 29.6 Å². The topological polar surface area (TPSA) is 3.24 Å². The monoisotopic (exact) mass is 413 g/mol. The molecule has 0 atom stereocenters. The van der Waals surface area contributed by atoms with Gasteiger partial charge in [-0.05, 0) is 0 Å². The van der Waals surface area contributed by atoms with Crippen LogP contribution in [0.1, 0.15) is 0 Å². The molecule has 0 amide bonds. The van der Waals surface area contributed by atoms with Crippen molar-refractivity contribution in [3.63, 3.8) is 0 Å². The Kier molecular flexibility index (Phi) is 6.09. The molecular weight excluding hydrogens is 384 g/mol. The van der Waals surface area contributed by atoms with Crippen molar-refractivity contribution in [2.75, 3.05) is 20.6 Å². The maximum absolute atomic E-state index is 2.71. The van der Waals surface area contributed by atoms with Gasteiger partial charge in [0.15, 0.2) is 0 Å². The molecule has 3 heteroatoms. The van der Waals surface area contributed by atoms with Gasteiger partial charge in [0, 0.05) is 0 Å². The van der Waals surface area contributed by atoms with Gasteiger partial charge in [0.25, 0.3) is 0 Å². The molecule has 0 fully saturated rings. The average molecular weight is 411 g/mol. The zero-order valence-electron chi connectivity index (χ0n) is 11.2. The Morgan fingerprint density at radius 2 is 1.43 bits per heavy atom. The molecular formula is C11H27NSn2. The third-order valence-electron chi connectivity index (χ3n) is 2.06. The van der Waals surface area contributed by atoms with E-state index in [0.29, 0.717) is 0 Å². The van der Waals surface area contributed by atoms with Crippen LogP contribution in [0, 0.1) is 0 Å². The van der Waals surface area contributed by atoms with E-state index in [4.69, 9.17) is 0 Å². The Morgan fingerprint density at radius 1 is 1.00 bits per heavy atom. The van der Waals surface area contributed by atoms with E-state index in [1.54, 1.807) is 0 Å². The molecule has 0 rings (SSSR count). The van der Waals surface area contributed by atoms with E-state index >= 15 is 0 Å². The molecule has 0 aliphatic rings. The number of hydrogen-bond donors (Lipinski definition) is 0. The summed E-state index contributed by atoms with van der Waals surface area (Å²) in [4.78, 5) is 17.4. The van der Waals surface area contributed by atoms with E-state index in [-0.39, 0.29) is 0 Å². The van der Waals surface area contributed by atoms with Gasteiger partial charge in [-0.1, -0.05) is 0 Å². The van der Waals surface area contributed by atoms with E-state index in [9.17, 15) is 0 Å². The molecule has 0 N–H and O–H groups in total. The first kappa shape index (κ1) is 15.3. The predicted molar refractivity (Wildman–Crippen MR) is 73.3 cm³/mol. The van der Waals surface area contributed by atoms with E-state index in [2.05, 4.69) is 52.7 Å². The van der Waals surface area contributed by atoms with Crippen LogP contribution in [0.25, 0.3) is 0 Å². The summed E-state index contributed by atoms with van der Waals surface area (Å²) >= 11 is -3.54. The Labute approximate surface area is 98.7 Å². The van der Waals surface area contributed by atoms with Gasteiger partial charge >= 0.3 is 99.6 Å². The maximum atomic E-state index is 2.71. The number of nitrogens with zero attached hydrogens (tertiary/aromatic N) is 1. The quantitative estimate of drug-likeness (QED) is 0.643. The van der Waals surface area contributed by atoms with Gasteiger partial charge in [0.2, 0.25) is 0 Å². The first-order chi connectivity index (χ1) is 6.02. The van der Waals surface area contributed by atoms with Gasteiger partial charge < -0.3 is 0 Å². The standard InChI is InChI=1S/C5H9N.6CH3.2Sn/c1-4-5-6(2)3;;;;;;;;/h1H,5H2,2-3H3;6*1H3;;. The molecule has 0 aliphatic heterocycles. The second kappa shape index (κ2) is 5.57. The zero-order chi connectivity index (χ0) is 11.6. The normalized spacial score (nSPS) is 15.1. The van der Waals surface area contributed by atoms with Gasteiger partial charge in [-0.15, -0.1) is 0 Å². The molecule has 0 aliphatic carbocycles. The summed E-state index contributed by atoms with van der Waals surface area (Å²) in [5.74, 6) is 0. The van der Waals surface area contributed by atoms with Crippen molar-refractivity contribution in [1.29, 1.82) is 0 Å². The first-order valence-corrected chi connectivity index (χ1v) is 25.6. The minimum absolute atomic E-state index is 1.20. The van der Waals surface area contributed by atoms with Crippen LogP contribution < -0.4 is 0 Å². The van der Waals surface area contributed by atoms with E-state index in [1.807, 2.05) is 3.59 Å². The SMILES string of the molecule is CN(C)C/[C](=[CH]\[Sn]([CH3])([CH3])[CH3])[Sn]([CH3])([CH3])[CH3]. The molecule has 0 heterocycles. The van der Waals surface area contributed by atoms with Crippen molar-refractivity contribution in [3.05, 3.63) is 7.68 Å². The summed E-state index contributed by atoms with van der Waals surface area (Å²) in [6.45, 7) is 1.20. The summed E-state index contributed by atoms with van der Waals surface area (Å²) in [7, 11) is 4.37. The number of likely N-dealkylation sites (N-methyl/N-ethyl adjacent to an activating group) is 1. The van der Waals surface area contributed by atoms with Gasteiger partial charge in [-0.2, -0.15) is 0 Å². The fourth-order valence-corrected chi connectivity index (χ4v) is 24.7. The van der Waals surface area contributed by atoms with Crippen molar-refractivity contribution in [2.45, 2.75) is 29.6 Å². The van der Waals surface area contributed by atoms with Crippen LogP contribution in [-0.2, 0) is 0 Å². The van der Waals surface area contributed by atoms with E-state index in [0.717, 1.165) is 0 Å². The Bertz CT molecular complexity index is 206. The fourth-order valence-electron chi connectivity index (χ4n) is 1.36. The molecule has 0 radical (unpaired) electrons. The third-order valence-corrected chi connectivity index (χ3v) is 14.2. The van der Waals surface area contributed by atoms with Crippen LogP contribution in [0.3, 0.4) is 0 Å². The van der Waals surface area contributed by atoms with Crippen LogP contribution in [0.4, 0.5) is 0 Å². The van der Waals surface area contributed by atoms with Gasteiger partial charge in [-0.3, -0.25) is 0 Å². The number of hydrogen-bond acceptors (Lipinski definition) is 1. The molecule has 0 saturated carbocycles. The molecule has 0 aromatic rings. The van der Waals surface area contributed by atoms with Crippen LogP contribution in [-0.4, -0.2) is 62.3 Å². The Balaban J connectivity index is 4.83. The second-order valence-corrected chi connectivity index (χ2v) is 35.5. The van der Waals surface area contributed by atoms with Crippen LogP contribution in [0.15, 0.2) is 7.68 Å². The summed E-state index contributed by atoms with van der Waals surface area (Å²) in [5.41, 5.74) is 0. The van der Waals surface area contributed by atoms with Gasteiger partial charge in [0.1, 0.15) is 0 Å². The minimum atomic E-state index is -1.81. The van der Waals surface area contributed by atoms with Crippen molar-refractivity contribution in [2.24, 2.45) is 0 Å². The Hall–Kier alpha value is 1.30. The molecule has 0 bridgehead atoms. The van der Waals surface area contributed by atoms with Gasteiger partial charge in [-0.25, -0.2) is 0 Å². The summed E-state index contributed by atoms with van der Waals surface area (Å²) in [6.07, 6.45) is 0. The van der Waals surface area contributed by atoms with Crippen molar-refractivity contribution in [3.8, 4) is 0 Å². The molecule has 0 aromatic heterocycles. The van der Waals surface area contributed by atoms with Crippen molar-refractivity contribution < 1.29 is 0 Å². The third kappa shape index (κ3) is 7.57. The van der Waals surface area contributed by atoms with E-state index < -0.39 is 36.8 Å². The van der Waals surface area contributed by atoms with E-state index in [1.165, 1.54) is 6.54 Å². The molecule has 0 aromatic carbocycles. The fraction of sp³-hybridized carbons (Fsp3) is 0.818.